The molecule has 0 aromatic carbocycles. The van der Waals surface area contributed by atoms with E-state index in [0.717, 1.165) is 31.9 Å². The third-order valence-electron chi connectivity index (χ3n) is 3.30. The number of hydrogen-bond donors (Lipinski definition) is 3. The van der Waals surface area contributed by atoms with Crippen molar-refractivity contribution in [1.82, 2.24) is 9.88 Å². The van der Waals surface area contributed by atoms with Gasteiger partial charge in [-0.25, -0.2) is 10.8 Å². The van der Waals surface area contributed by atoms with Gasteiger partial charge in [-0.1, -0.05) is 19.9 Å². The molecular formula is C14H27N5. The highest BCUT2D eigenvalue weighted by atomic mass is 15.3. The summed E-state index contributed by atoms with van der Waals surface area (Å²) in [5.74, 6) is 6.90. The number of nitrogens with zero attached hydrogens (tertiary/aromatic N) is 2. The summed E-state index contributed by atoms with van der Waals surface area (Å²) in [6.45, 7) is 10.0. The van der Waals surface area contributed by atoms with Crippen LogP contribution in [0.25, 0.3) is 0 Å². The number of aromatic nitrogens is 1. The maximum Gasteiger partial charge on any atom is 0.142 e. The van der Waals surface area contributed by atoms with Crippen molar-refractivity contribution in [3.05, 3.63) is 18.2 Å². The van der Waals surface area contributed by atoms with Crippen LogP contribution in [0.2, 0.25) is 0 Å². The van der Waals surface area contributed by atoms with Crippen LogP contribution in [0, 0.1) is 0 Å². The van der Waals surface area contributed by atoms with Gasteiger partial charge in [-0.15, -0.1) is 0 Å². The number of pyridine rings is 1. The molecule has 0 saturated heterocycles. The van der Waals surface area contributed by atoms with Crippen LogP contribution in [0.1, 0.15) is 33.6 Å². The van der Waals surface area contributed by atoms with Crippen molar-refractivity contribution in [1.29, 1.82) is 0 Å². The predicted octanol–water partition coefficient (Wildman–Crippen LogP) is 2.29. The van der Waals surface area contributed by atoms with Gasteiger partial charge in [0.05, 0.1) is 0 Å². The standard InChI is InChI=1S/C14H27N5/c1-4-19(5-2)11-7-8-12(3)16-13-9-6-10-14(17-13)18-15/h6,9-10,12H,4-5,7-8,11,15H2,1-3H3,(H2,16,17,18). The van der Waals surface area contributed by atoms with Gasteiger partial charge in [0.1, 0.15) is 11.6 Å². The van der Waals surface area contributed by atoms with Crippen molar-refractivity contribution >= 4 is 11.6 Å². The molecule has 0 aliphatic carbocycles. The summed E-state index contributed by atoms with van der Waals surface area (Å²) >= 11 is 0. The van der Waals surface area contributed by atoms with Gasteiger partial charge in [-0.2, -0.15) is 0 Å². The Balaban J connectivity index is 2.32. The molecule has 0 bridgehead atoms. The van der Waals surface area contributed by atoms with Crippen LogP contribution in [-0.2, 0) is 0 Å². The number of anilines is 2. The quantitative estimate of drug-likeness (QED) is 0.472. The molecule has 0 fully saturated rings. The SMILES string of the molecule is CCN(CC)CCCC(C)Nc1cccc(NN)n1. The Hall–Kier alpha value is -1.33. The fourth-order valence-electron chi connectivity index (χ4n) is 2.08. The van der Waals surface area contributed by atoms with E-state index in [1.165, 1.54) is 6.42 Å². The maximum atomic E-state index is 5.35. The third-order valence-corrected chi connectivity index (χ3v) is 3.30. The number of hydrogen-bond acceptors (Lipinski definition) is 5. The Morgan fingerprint density at radius 1 is 1.26 bits per heavy atom. The Morgan fingerprint density at radius 2 is 1.95 bits per heavy atom. The number of nitrogens with one attached hydrogen (secondary N) is 2. The van der Waals surface area contributed by atoms with Crippen LogP contribution < -0.4 is 16.6 Å². The highest BCUT2D eigenvalue weighted by molar-refractivity contribution is 5.44. The number of hydrazine groups is 1. The Morgan fingerprint density at radius 3 is 2.58 bits per heavy atom. The van der Waals surface area contributed by atoms with Crippen molar-refractivity contribution in [3.8, 4) is 0 Å². The zero-order valence-corrected chi connectivity index (χ0v) is 12.3. The van der Waals surface area contributed by atoms with E-state index < -0.39 is 0 Å². The van der Waals surface area contributed by atoms with E-state index in [1.54, 1.807) is 0 Å². The lowest BCUT2D eigenvalue weighted by molar-refractivity contribution is 0.295. The number of nitrogens with two attached hydrogens (primary N) is 1. The van der Waals surface area contributed by atoms with Crippen LogP contribution in [0.15, 0.2) is 18.2 Å². The first-order valence-electron chi connectivity index (χ1n) is 7.12. The molecule has 0 radical (unpaired) electrons. The highest BCUT2D eigenvalue weighted by Gasteiger charge is 2.05. The first-order valence-corrected chi connectivity index (χ1v) is 7.12. The van der Waals surface area contributed by atoms with E-state index in [9.17, 15) is 0 Å². The van der Waals surface area contributed by atoms with E-state index in [4.69, 9.17) is 5.84 Å². The minimum absolute atomic E-state index is 0.413. The predicted molar refractivity (Wildman–Crippen MR) is 82.2 cm³/mol. The molecule has 1 atom stereocenters. The molecule has 0 amide bonds. The van der Waals surface area contributed by atoms with Gasteiger partial charge in [-0.05, 0) is 51.5 Å². The largest absolute Gasteiger partial charge is 0.368 e. The van der Waals surface area contributed by atoms with Crippen LogP contribution in [0.4, 0.5) is 11.6 Å². The van der Waals surface area contributed by atoms with Crippen molar-refractivity contribution in [2.75, 3.05) is 30.4 Å². The number of nitrogen functional groups attached to an aromatic ring is 1. The zero-order valence-electron chi connectivity index (χ0n) is 12.3. The zero-order chi connectivity index (χ0) is 14.1. The summed E-state index contributed by atoms with van der Waals surface area (Å²) in [5, 5.41) is 3.40. The monoisotopic (exact) mass is 265 g/mol. The lowest BCUT2D eigenvalue weighted by Gasteiger charge is -2.20. The molecular weight excluding hydrogens is 238 g/mol. The average Bonchev–Trinajstić information content (AvgIpc) is 2.44. The smallest absolute Gasteiger partial charge is 0.142 e. The summed E-state index contributed by atoms with van der Waals surface area (Å²) < 4.78 is 0. The van der Waals surface area contributed by atoms with E-state index in [2.05, 4.69) is 41.4 Å². The van der Waals surface area contributed by atoms with E-state index in [0.29, 0.717) is 11.9 Å². The first-order chi connectivity index (χ1) is 9.19. The molecule has 4 N–H and O–H groups in total. The molecule has 0 saturated carbocycles. The van der Waals surface area contributed by atoms with E-state index >= 15 is 0 Å². The molecule has 5 heteroatoms. The summed E-state index contributed by atoms with van der Waals surface area (Å²) in [4.78, 5) is 6.80. The number of rotatable bonds is 9. The van der Waals surface area contributed by atoms with Gasteiger partial charge in [0.25, 0.3) is 0 Å². The molecule has 1 unspecified atom stereocenters. The van der Waals surface area contributed by atoms with Gasteiger partial charge in [-0.3, -0.25) is 0 Å². The molecule has 5 nitrogen and oxygen atoms in total. The second kappa shape index (κ2) is 8.72. The van der Waals surface area contributed by atoms with Crippen LogP contribution >= 0.6 is 0 Å². The maximum absolute atomic E-state index is 5.35. The van der Waals surface area contributed by atoms with Gasteiger partial charge in [0.2, 0.25) is 0 Å². The fraction of sp³-hybridized carbons (Fsp3) is 0.643. The second-order valence-corrected chi connectivity index (χ2v) is 4.77. The van der Waals surface area contributed by atoms with Crippen molar-refractivity contribution in [2.24, 2.45) is 5.84 Å². The molecule has 0 aliphatic heterocycles. The van der Waals surface area contributed by atoms with Crippen molar-refractivity contribution in [2.45, 2.75) is 39.7 Å². The normalized spacial score (nSPS) is 12.5. The van der Waals surface area contributed by atoms with Gasteiger partial charge in [0.15, 0.2) is 0 Å². The Kier molecular flexibility index (Phi) is 7.22. The summed E-state index contributed by atoms with van der Waals surface area (Å²) in [6, 6.07) is 6.15. The minimum atomic E-state index is 0.413. The molecule has 19 heavy (non-hydrogen) atoms. The minimum Gasteiger partial charge on any atom is -0.368 e. The van der Waals surface area contributed by atoms with Crippen LogP contribution in [0.5, 0.6) is 0 Å². The molecule has 1 rings (SSSR count). The van der Waals surface area contributed by atoms with Gasteiger partial charge < -0.3 is 15.6 Å². The van der Waals surface area contributed by atoms with Gasteiger partial charge in [0, 0.05) is 6.04 Å². The summed E-state index contributed by atoms with van der Waals surface area (Å²) in [5.41, 5.74) is 2.56. The van der Waals surface area contributed by atoms with Crippen LogP contribution in [-0.4, -0.2) is 35.6 Å². The molecule has 1 aromatic heterocycles. The van der Waals surface area contributed by atoms with E-state index in [-0.39, 0.29) is 0 Å². The average molecular weight is 265 g/mol. The summed E-state index contributed by atoms with van der Waals surface area (Å²) in [6.07, 6.45) is 2.34. The van der Waals surface area contributed by atoms with E-state index in [1.807, 2.05) is 18.2 Å². The lowest BCUT2D eigenvalue weighted by atomic mass is 10.1. The third kappa shape index (κ3) is 5.89. The second-order valence-electron chi connectivity index (χ2n) is 4.77. The molecule has 0 spiro atoms. The summed E-state index contributed by atoms with van der Waals surface area (Å²) in [7, 11) is 0. The topological polar surface area (TPSA) is 66.2 Å². The molecule has 1 aromatic rings. The van der Waals surface area contributed by atoms with Gasteiger partial charge >= 0.3 is 0 Å². The Labute approximate surface area is 116 Å². The van der Waals surface area contributed by atoms with Crippen molar-refractivity contribution < 1.29 is 0 Å². The highest BCUT2D eigenvalue weighted by Crippen LogP contribution is 2.11. The molecule has 108 valence electrons. The molecule has 0 aliphatic rings. The van der Waals surface area contributed by atoms with Crippen molar-refractivity contribution in [3.63, 3.8) is 0 Å². The fourth-order valence-corrected chi connectivity index (χ4v) is 2.08. The lowest BCUT2D eigenvalue weighted by Crippen LogP contribution is -2.25. The van der Waals surface area contributed by atoms with Crippen LogP contribution in [0.3, 0.4) is 0 Å². The molecule has 1 heterocycles. The first kappa shape index (κ1) is 15.7. The Bertz CT molecular complexity index is 351.